The minimum atomic E-state index is -0.660. The molecule has 20 heavy (non-hydrogen) atoms. The van der Waals surface area contributed by atoms with E-state index in [2.05, 4.69) is 16.9 Å². The lowest BCUT2D eigenvalue weighted by atomic mass is 9.94. The van der Waals surface area contributed by atoms with E-state index in [-0.39, 0.29) is 0 Å². The van der Waals surface area contributed by atoms with Gasteiger partial charge in [-0.1, -0.05) is 12.6 Å². The van der Waals surface area contributed by atoms with Crippen molar-refractivity contribution in [3.63, 3.8) is 0 Å². The summed E-state index contributed by atoms with van der Waals surface area (Å²) in [7, 11) is 1.67. The molecule has 0 unspecified atom stereocenters. The van der Waals surface area contributed by atoms with Crippen molar-refractivity contribution in [3.8, 4) is 0 Å². The van der Waals surface area contributed by atoms with Crippen molar-refractivity contribution in [2.75, 3.05) is 7.05 Å². The van der Waals surface area contributed by atoms with E-state index in [1.54, 1.807) is 25.2 Å². The number of cyclic esters (lactones) is 2. The zero-order chi connectivity index (χ0) is 14.7. The minimum Gasteiger partial charge on any atom is -0.393 e. The van der Waals surface area contributed by atoms with Crippen molar-refractivity contribution in [1.29, 1.82) is 0 Å². The zero-order valence-corrected chi connectivity index (χ0v) is 11.3. The number of aliphatic imine (C=N–C) groups is 1. The number of hydrogen-bond donors (Lipinski definition) is 1. The Morgan fingerprint density at radius 2 is 2.05 bits per heavy atom. The molecule has 1 aliphatic rings. The van der Waals surface area contributed by atoms with E-state index in [0.29, 0.717) is 16.7 Å². The Morgan fingerprint density at radius 3 is 2.70 bits per heavy atom. The fourth-order valence-electron chi connectivity index (χ4n) is 1.97. The Morgan fingerprint density at radius 1 is 1.30 bits per heavy atom. The molecule has 0 amide bonds. The van der Waals surface area contributed by atoms with Crippen molar-refractivity contribution in [2.24, 2.45) is 4.99 Å². The Labute approximate surface area is 116 Å². The van der Waals surface area contributed by atoms with E-state index in [1.807, 2.05) is 6.92 Å². The van der Waals surface area contributed by atoms with E-state index in [4.69, 9.17) is 4.74 Å². The number of nitrogens with one attached hydrogen (secondary N) is 1. The number of carbonyl (C=O) groups excluding carboxylic acids is 2. The molecule has 0 saturated heterocycles. The summed E-state index contributed by atoms with van der Waals surface area (Å²) < 4.78 is 4.69. The van der Waals surface area contributed by atoms with Crippen LogP contribution in [0.15, 0.2) is 42.2 Å². The van der Waals surface area contributed by atoms with Crippen LogP contribution in [0.3, 0.4) is 0 Å². The summed E-state index contributed by atoms with van der Waals surface area (Å²) in [5.74, 6) is -1.30. The molecule has 0 spiro atoms. The summed E-state index contributed by atoms with van der Waals surface area (Å²) in [6, 6.07) is 5.14. The highest BCUT2D eigenvalue weighted by atomic mass is 16.6. The number of ether oxygens (including phenoxy) is 1. The van der Waals surface area contributed by atoms with E-state index < -0.39 is 11.9 Å². The van der Waals surface area contributed by atoms with Gasteiger partial charge < -0.3 is 10.1 Å². The molecule has 5 heteroatoms. The van der Waals surface area contributed by atoms with Crippen LogP contribution in [0.2, 0.25) is 0 Å². The highest BCUT2D eigenvalue weighted by Gasteiger charge is 2.29. The van der Waals surface area contributed by atoms with Crippen molar-refractivity contribution >= 4 is 23.2 Å². The van der Waals surface area contributed by atoms with E-state index >= 15 is 0 Å². The Bertz CT molecular complexity index is 657. The first-order valence-electron chi connectivity index (χ1n) is 6.02. The number of nitrogens with zero attached hydrogens (tertiary/aromatic N) is 1. The third-order valence-electron chi connectivity index (χ3n) is 2.93. The molecule has 1 aliphatic heterocycles. The van der Waals surface area contributed by atoms with E-state index in [9.17, 15) is 9.59 Å². The second-order valence-corrected chi connectivity index (χ2v) is 4.18. The summed E-state index contributed by atoms with van der Waals surface area (Å²) in [4.78, 5) is 27.6. The Balaban J connectivity index is 2.62. The van der Waals surface area contributed by atoms with Gasteiger partial charge in [0.05, 0.1) is 11.1 Å². The van der Waals surface area contributed by atoms with Gasteiger partial charge in [0.2, 0.25) is 0 Å². The largest absolute Gasteiger partial charge is 0.393 e. The predicted octanol–water partition coefficient (Wildman–Crippen LogP) is 1.90. The number of rotatable bonds is 3. The first-order chi connectivity index (χ1) is 9.58. The number of esters is 2. The third-order valence-corrected chi connectivity index (χ3v) is 2.93. The zero-order valence-electron chi connectivity index (χ0n) is 11.3. The van der Waals surface area contributed by atoms with Crippen LogP contribution in [0.5, 0.6) is 0 Å². The van der Waals surface area contributed by atoms with Gasteiger partial charge >= 0.3 is 11.9 Å². The van der Waals surface area contributed by atoms with Crippen molar-refractivity contribution in [3.05, 3.63) is 53.9 Å². The lowest BCUT2D eigenvalue weighted by molar-refractivity contribution is -0.131. The molecule has 5 nitrogen and oxygen atoms in total. The highest BCUT2D eigenvalue weighted by Crippen LogP contribution is 2.27. The van der Waals surface area contributed by atoms with Crippen LogP contribution in [0.25, 0.3) is 5.57 Å². The van der Waals surface area contributed by atoms with Crippen LogP contribution in [-0.4, -0.2) is 24.7 Å². The third kappa shape index (κ3) is 2.38. The van der Waals surface area contributed by atoms with Crippen LogP contribution >= 0.6 is 0 Å². The summed E-state index contributed by atoms with van der Waals surface area (Å²) in [5, 5.41) is 2.78. The van der Waals surface area contributed by atoms with Gasteiger partial charge in [0.25, 0.3) is 0 Å². The fraction of sp³-hybridized carbons (Fsp3) is 0.133. The van der Waals surface area contributed by atoms with Gasteiger partial charge in [-0.25, -0.2) is 9.59 Å². The molecule has 0 radical (unpaired) electrons. The second-order valence-electron chi connectivity index (χ2n) is 4.18. The minimum absolute atomic E-state index is 0.315. The average molecular weight is 270 g/mol. The van der Waals surface area contributed by atoms with Gasteiger partial charge in [0.15, 0.2) is 0 Å². The number of carbonyl (C=O) groups is 2. The molecule has 0 bridgehead atoms. The van der Waals surface area contributed by atoms with Crippen molar-refractivity contribution in [2.45, 2.75) is 6.92 Å². The van der Waals surface area contributed by atoms with Crippen LogP contribution in [0, 0.1) is 0 Å². The van der Waals surface area contributed by atoms with Crippen LogP contribution < -0.4 is 5.32 Å². The number of benzene rings is 1. The molecule has 1 N–H and O–H groups in total. The van der Waals surface area contributed by atoms with Crippen molar-refractivity contribution in [1.82, 2.24) is 5.32 Å². The molecule has 0 fully saturated rings. The molecule has 0 atom stereocenters. The first kappa shape index (κ1) is 13.7. The maximum atomic E-state index is 11.8. The van der Waals surface area contributed by atoms with Crippen LogP contribution in [0.4, 0.5) is 0 Å². The summed E-state index contributed by atoms with van der Waals surface area (Å²) >= 11 is 0. The van der Waals surface area contributed by atoms with Crippen LogP contribution in [0.1, 0.15) is 28.4 Å². The van der Waals surface area contributed by atoms with Gasteiger partial charge in [-0.05, 0) is 24.6 Å². The van der Waals surface area contributed by atoms with Crippen molar-refractivity contribution < 1.29 is 14.3 Å². The SMILES string of the molecule is C=C/N=C(\C)c1ccc2c(c1)/C(=C\NC)C(=O)OC2=O. The summed E-state index contributed by atoms with van der Waals surface area (Å²) in [6.07, 6.45) is 2.95. The smallest absolute Gasteiger partial charge is 0.348 e. The molecule has 1 aromatic carbocycles. The monoisotopic (exact) mass is 270 g/mol. The molecule has 102 valence electrons. The highest BCUT2D eigenvalue weighted by molar-refractivity contribution is 6.26. The van der Waals surface area contributed by atoms with Crippen LogP contribution in [-0.2, 0) is 9.53 Å². The lowest BCUT2D eigenvalue weighted by Crippen LogP contribution is -2.23. The van der Waals surface area contributed by atoms with E-state index in [0.717, 1.165) is 11.3 Å². The molecular formula is C15H14N2O3. The molecular weight excluding hydrogens is 256 g/mol. The molecule has 0 saturated carbocycles. The molecule has 1 aromatic rings. The Hall–Kier alpha value is -2.69. The summed E-state index contributed by atoms with van der Waals surface area (Å²) in [5.41, 5.74) is 2.78. The van der Waals surface area contributed by atoms with E-state index in [1.165, 1.54) is 12.4 Å². The normalized spacial score (nSPS) is 16.7. The molecule has 1 heterocycles. The topological polar surface area (TPSA) is 67.8 Å². The number of hydrogen-bond acceptors (Lipinski definition) is 5. The fourth-order valence-corrected chi connectivity index (χ4v) is 1.97. The van der Waals surface area contributed by atoms with Gasteiger partial charge in [0.1, 0.15) is 0 Å². The molecule has 0 aliphatic carbocycles. The first-order valence-corrected chi connectivity index (χ1v) is 6.02. The Kier molecular flexibility index (Phi) is 3.79. The standard InChI is InChI=1S/C15H14N2O3/c1-4-17-9(2)10-5-6-11-12(7-10)13(8-16-3)15(19)20-14(11)18/h4-8,16H,1H2,2-3H3/b13-8+,17-9+. The summed E-state index contributed by atoms with van der Waals surface area (Å²) in [6.45, 7) is 5.37. The lowest BCUT2D eigenvalue weighted by Gasteiger charge is -2.17. The van der Waals surface area contributed by atoms with Gasteiger partial charge in [-0.15, -0.1) is 0 Å². The predicted molar refractivity (Wildman–Crippen MR) is 76.3 cm³/mol. The second kappa shape index (κ2) is 5.52. The quantitative estimate of drug-likeness (QED) is 0.394. The maximum Gasteiger partial charge on any atom is 0.348 e. The van der Waals surface area contributed by atoms with Gasteiger partial charge in [-0.2, -0.15) is 0 Å². The maximum absolute atomic E-state index is 11.8. The molecule has 2 rings (SSSR count). The van der Waals surface area contributed by atoms with Gasteiger partial charge in [0, 0.05) is 30.7 Å². The molecule has 0 aromatic heterocycles. The number of fused-ring (bicyclic) bond motifs is 1. The average Bonchev–Trinajstić information content (AvgIpc) is 2.43. The van der Waals surface area contributed by atoms with Gasteiger partial charge in [-0.3, -0.25) is 4.99 Å².